The number of pyridine rings is 1. The molecule has 0 aliphatic carbocycles. The minimum absolute atomic E-state index is 0.251. The van der Waals surface area contributed by atoms with E-state index >= 15 is 0 Å². The second-order valence-electron chi connectivity index (χ2n) is 5.73. The van der Waals surface area contributed by atoms with Crippen LogP contribution in [0.1, 0.15) is 21.6 Å². The SMILES string of the molecule is Cc1ccncc1CN1C[C@@H](O)[C@H](NC(=O)c2cnccn2)C1. The lowest BCUT2D eigenvalue weighted by Crippen LogP contribution is -2.43. The Morgan fingerprint density at radius 2 is 2.13 bits per heavy atom. The van der Waals surface area contributed by atoms with Gasteiger partial charge in [0, 0.05) is 44.4 Å². The van der Waals surface area contributed by atoms with Gasteiger partial charge in [0.05, 0.1) is 18.3 Å². The van der Waals surface area contributed by atoms with Gasteiger partial charge >= 0.3 is 0 Å². The number of hydrogen-bond acceptors (Lipinski definition) is 6. The van der Waals surface area contributed by atoms with Crippen LogP contribution in [-0.4, -0.2) is 56.1 Å². The summed E-state index contributed by atoms with van der Waals surface area (Å²) in [5, 5.41) is 13.0. The molecule has 2 aromatic rings. The standard InChI is InChI=1S/C16H19N5O2/c1-11-2-3-17-6-12(11)8-21-9-14(15(22)10-21)20-16(23)13-7-18-4-5-19-13/h2-7,14-15,22H,8-10H2,1H3,(H,20,23)/t14-,15-/m1/s1. The van der Waals surface area contributed by atoms with E-state index in [-0.39, 0.29) is 17.6 Å². The molecular weight excluding hydrogens is 294 g/mol. The van der Waals surface area contributed by atoms with Gasteiger partial charge in [-0.15, -0.1) is 0 Å². The second-order valence-corrected chi connectivity index (χ2v) is 5.73. The van der Waals surface area contributed by atoms with E-state index in [2.05, 4.69) is 25.2 Å². The van der Waals surface area contributed by atoms with Crippen molar-refractivity contribution in [3.05, 3.63) is 53.9 Å². The Kier molecular flexibility index (Phi) is 4.59. The summed E-state index contributed by atoms with van der Waals surface area (Å²) in [5.74, 6) is -0.318. The summed E-state index contributed by atoms with van der Waals surface area (Å²) in [7, 11) is 0. The minimum atomic E-state index is -0.604. The van der Waals surface area contributed by atoms with Gasteiger partial charge in [-0.3, -0.25) is 19.7 Å². The first-order valence-electron chi connectivity index (χ1n) is 7.50. The largest absolute Gasteiger partial charge is 0.390 e. The van der Waals surface area contributed by atoms with Crippen LogP contribution in [0.3, 0.4) is 0 Å². The average molecular weight is 313 g/mol. The lowest BCUT2D eigenvalue weighted by Gasteiger charge is -2.17. The minimum Gasteiger partial charge on any atom is -0.390 e. The van der Waals surface area contributed by atoms with E-state index in [9.17, 15) is 9.90 Å². The van der Waals surface area contributed by atoms with Crippen LogP contribution in [0.2, 0.25) is 0 Å². The Bertz CT molecular complexity index is 679. The van der Waals surface area contributed by atoms with Crippen molar-refractivity contribution in [1.82, 2.24) is 25.2 Å². The van der Waals surface area contributed by atoms with Gasteiger partial charge in [0.25, 0.3) is 5.91 Å². The number of β-amino-alcohol motifs (C(OH)–C–C–N with tert-alkyl or cyclic N) is 1. The first-order chi connectivity index (χ1) is 11.1. The molecule has 7 nitrogen and oxygen atoms in total. The van der Waals surface area contributed by atoms with E-state index in [1.807, 2.05) is 19.2 Å². The monoisotopic (exact) mass is 313 g/mol. The highest BCUT2D eigenvalue weighted by atomic mass is 16.3. The van der Waals surface area contributed by atoms with E-state index in [1.54, 1.807) is 6.20 Å². The van der Waals surface area contributed by atoms with Gasteiger partial charge in [-0.2, -0.15) is 0 Å². The van der Waals surface area contributed by atoms with Crippen molar-refractivity contribution < 1.29 is 9.90 Å². The first-order valence-corrected chi connectivity index (χ1v) is 7.50. The number of carbonyl (C=O) groups excluding carboxylic acids is 1. The molecule has 2 atom stereocenters. The summed E-state index contributed by atoms with van der Waals surface area (Å²) in [6, 6.07) is 1.65. The fourth-order valence-corrected chi connectivity index (χ4v) is 2.70. The molecule has 1 aliphatic heterocycles. The van der Waals surface area contributed by atoms with Crippen LogP contribution in [0.5, 0.6) is 0 Å². The van der Waals surface area contributed by atoms with E-state index in [0.717, 1.165) is 5.56 Å². The summed E-state index contributed by atoms with van der Waals surface area (Å²) in [4.78, 5) is 26.2. The van der Waals surface area contributed by atoms with Crippen LogP contribution in [0, 0.1) is 6.92 Å². The molecule has 2 aromatic heterocycles. The Labute approximate surface area is 134 Å². The van der Waals surface area contributed by atoms with Gasteiger partial charge in [-0.1, -0.05) is 0 Å². The van der Waals surface area contributed by atoms with Crippen molar-refractivity contribution in [3.8, 4) is 0 Å². The van der Waals surface area contributed by atoms with Crippen molar-refractivity contribution in [2.75, 3.05) is 13.1 Å². The van der Waals surface area contributed by atoms with E-state index in [1.165, 1.54) is 24.2 Å². The molecule has 3 rings (SSSR count). The maximum absolute atomic E-state index is 12.1. The van der Waals surface area contributed by atoms with Gasteiger partial charge in [0.1, 0.15) is 5.69 Å². The Morgan fingerprint density at radius 1 is 1.30 bits per heavy atom. The zero-order valence-electron chi connectivity index (χ0n) is 12.9. The maximum atomic E-state index is 12.1. The molecule has 0 unspecified atom stereocenters. The summed E-state index contributed by atoms with van der Waals surface area (Å²) in [6.45, 7) is 3.84. The molecule has 1 aliphatic rings. The fraction of sp³-hybridized carbons (Fsp3) is 0.375. The van der Waals surface area contributed by atoms with Crippen molar-refractivity contribution in [2.45, 2.75) is 25.6 Å². The quantitative estimate of drug-likeness (QED) is 0.835. The molecule has 2 N–H and O–H groups in total. The van der Waals surface area contributed by atoms with Gasteiger partial charge < -0.3 is 10.4 Å². The Balaban J connectivity index is 1.60. The Morgan fingerprint density at radius 3 is 2.87 bits per heavy atom. The van der Waals surface area contributed by atoms with Crippen LogP contribution in [0.25, 0.3) is 0 Å². The molecule has 0 aromatic carbocycles. The van der Waals surface area contributed by atoms with E-state index < -0.39 is 6.10 Å². The van der Waals surface area contributed by atoms with Gasteiger partial charge in [-0.25, -0.2) is 4.98 Å². The molecule has 23 heavy (non-hydrogen) atoms. The lowest BCUT2D eigenvalue weighted by atomic mass is 10.1. The zero-order chi connectivity index (χ0) is 16.2. The Hall–Kier alpha value is -2.38. The van der Waals surface area contributed by atoms with Crippen molar-refractivity contribution in [2.24, 2.45) is 0 Å². The van der Waals surface area contributed by atoms with Gasteiger partial charge in [0.15, 0.2) is 0 Å². The van der Waals surface area contributed by atoms with Crippen LogP contribution in [-0.2, 0) is 6.54 Å². The van der Waals surface area contributed by atoms with Gasteiger partial charge in [-0.05, 0) is 24.1 Å². The van der Waals surface area contributed by atoms with Crippen LogP contribution >= 0.6 is 0 Å². The molecule has 7 heteroatoms. The van der Waals surface area contributed by atoms with Crippen LogP contribution < -0.4 is 5.32 Å². The topological polar surface area (TPSA) is 91.2 Å². The third-order valence-corrected chi connectivity index (χ3v) is 4.02. The molecule has 1 saturated heterocycles. The molecule has 120 valence electrons. The number of aliphatic hydroxyl groups is 1. The van der Waals surface area contributed by atoms with Gasteiger partial charge in [0.2, 0.25) is 0 Å². The van der Waals surface area contributed by atoms with E-state index in [0.29, 0.717) is 19.6 Å². The third kappa shape index (κ3) is 3.69. The number of amides is 1. The predicted molar refractivity (Wildman–Crippen MR) is 83.5 cm³/mol. The fourth-order valence-electron chi connectivity index (χ4n) is 2.70. The summed E-state index contributed by atoms with van der Waals surface area (Å²) in [6.07, 6.45) is 7.39. The van der Waals surface area contributed by atoms with Crippen molar-refractivity contribution >= 4 is 5.91 Å². The summed E-state index contributed by atoms with van der Waals surface area (Å²) >= 11 is 0. The average Bonchev–Trinajstić information content (AvgIpc) is 2.90. The molecule has 0 radical (unpaired) electrons. The second kappa shape index (κ2) is 6.80. The van der Waals surface area contributed by atoms with Crippen LogP contribution in [0.4, 0.5) is 0 Å². The molecule has 3 heterocycles. The molecule has 0 spiro atoms. The molecule has 0 bridgehead atoms. The highest BCUT2D eigenvalue weighted by Gasteiger charge is 2.32. The molecular formula is C16H19N5O2. The number of carbonyl (C=O) groups is 1. The molecule has 1 fully saturated rings. The number of hydrogen-bond donors (Lipinski definition) is 2. The van der Waals surface area contributed by atoms with E-state index in [4.69, 9.17) is 0 Å². The highest BCUT2D eigenvalue weighted by molar-refractivity contribution is 5.92. The highest BCUT2D eigenvalue weighted by Crippen LogP contribution is 2.16. The third-order valence-electron chi connectivity index (χ3n) is 4.02. The van der Waals surface area contributed by atoms with Crippen molar-refractivity contribution in [3.63, 3.8) is 0 Å². The summed E-state index contributed by atoms with van der Waals surface area (Å²) in [5.41, 5.74) is 2.54. The number of aryl methyl sites for hydroxylation is 1. The number of rotatable bonds is 4. The lowest BCUT2D eigenvalue weighted by molar-refractivity contribution is 0.0883. The number of nitrogens with one attached hydrogen (secondary N) is 1. The normalized spacial score (nSPS) is 21.3. The number of likely N-dealkylation sites (tertiary alicyclic amines) is 1. The molecule has 0 saturated carbocycles. The van der Waals surface area contributed by atoms with Crippen LogP contribution in [0.15, 0.2) is 37.1 Å². The number of aliphatic hydroxyl groups excluding tert-OH is 1. The van der Waals surface area contributed by atoms with Crippen molar-refractivity contribution in [1.29, 1.82) is 0 Å². The number of nitrogens with zero attached hydrogens (tertiary/aromatic N) is 4. The first kappa shape index (κ1) is 15.5. The summed E-state index contributed by atoms with van der Waals surface area (Å²) < 4.78 is 0. The zero-order valence-corrected chi connectivity index (χ0v) is 12.9. The maximum Gasteiger partial charge on any atom is 0.271 e. The number of aromatic nitrogens is 3. The smallest absolute Gasteiger partial charge is 0.271 e. The predicted octanol–water partition coefficient (Wildman–Crippen LogP) is 0.155. The molecule has 1 amide bonds.